The first-order valence-electron chi connectivity index (χ1n) is 8.05. The number of thioether (sulfide) groups is 1. The lowest BCUT2D eigenvalue weighted by atomic mass is 10.0. The van der Waals surface area contributed by atoms with Gasteiger partial charge in [-0.2, -0.15) is 0 Å². The molecule has 142 valence electrons. The molecule has 0 spiro atoms. The second-order valence-corrected chi connectivity index (χ2v) is 9.03. The molecule has 0 bridgehead atoms. The lowest BCUT2D eigenvalue weighted by Gasteiger charge is -2.32. The minimum atomic E-state index is -1.12. The number of hydrogen-bond acceptors (Lipinski definition) is 7. The van der Waals surface area contributed by atoms with Gasteiger partial charge in [-0.05, 0) is 62.6 Å². The van der Waals surface area contributed by atoms with Crippen LogP contribution in [0.3, 0.4) is 0 Å². The number of hydrogen-bond donors (Lipinski definition) is 2. The fourth-order valence-corrected chi connectivity index (χ4v) is 3.27. The minimum Gasteiger partial charge on any atom is -0.480 e. The second-order valence-electron chi connectivity index (χ2n) is 7.40. The highest BCUT2D eigenvalue weighted by Crippen LogP contribution is 2.32. The molecule has 2 N–H and O–H groups in total. The van der Waals surface area contributed by atoms with Gasteiger partial charge >= 0.3 is 12.1 Å². The van der Waals surface area contributed by atoms with Crippen LogP contribution in [-0.4, -0.2) is 43.9 Å². The summed E-state index contributed by atoms with van der Waals surface area (Å²) in [5.74, 6) is -0.584. The number of rotatable bonds is 6. The molecule has 26 heavy (non-hydrogen) atoms. The molecule has 1 aromatic heterocycles. The lowest BCUT2D eigenvalue weighted by Crippen LogP contribution is -2.53. The van der Waals surface area contributed by atoms with Gasteiger partial charge in [0, 0.05) is 10.5 Å². The Hall–Kier alpha value is -2.29. The molecule has 1 unspecified atom stereocenters. The average Bonchev–Trinajstić information content (AvgIpc) is 2.96. The van der Waals surface area contributed by atoms with Crippen LogP contribution in [0.5, 0.6) is 0 Å². The number of carbonyl (C=O) groups is 2. The van der Waals surface area contributed by atoms with Crippen LogP contribution in [0.25, 0.3) is 11.0 Å². The van der Waals surface area contributed by atoms with Gasteiger partial charge in [-0.3, -0.25) is 0 Å². The largest absolute Gasteiger partial charge is 0.480 e. The number of benzene rings is 1. The summed E-state index contributed by atoms with van der Waals surface area (Å²) >= 11 is 1.41. The van der Waals surface area contributed by atoms with E-state index in [1.807, 2.05) is 12.1 Å². The van der Waals surface area contributed by atoms with Gasteiger partial charge in [0.05, 0.1) is 0 Å². The number of fused-ring (bicyclic) bond motifs is 1. The summed E-state index contributed by atoms with van der Waals surface area (Å²) in [5.41, 5.74) is 1.55. The number of nitrogens with zero attached hydrogens (tertiary/aromatic N) is 2. The summed E-state index contributed by atoms with van der Waals surface area (Å²) in [4.78, 5) is 23.7. The Morgan fingerprint density at radius 3 is 2.50 bits per heavy atom. The maximum absolute atomic E-state index is 12.0. The highest BCUT2D eigenvalue weighted by molar-refractivity contribution is 7.99. The van der Waals surface area contributed by atoms with E-state index in [0.29, 0.717) is 16.8 Å². The van der Waals surface area contributed by atoms with Crippen molar-refractivity contribution < 1.29 is 24.1 Å². The van der Waals surface area contributed by atoms with Gasteiger partial charge in [0.25, 0.3) is 0 Å². The fraction of sp³-hybridized carbons (Fsp3) is 0.529. The van der Waals surface area contributed by atoms with Crippen molar-refractivity contribution in [3.8, 4) is 0 Å². The summed E-state index contributed by atoms with van der Waals surface area (Å²) in [6, 6.07) is 4.40. The highest BCUT2D eigenvalue weighted by Gasteiger charge is 2.38. The van der Waals surface area contributed by atoms with E-state index in [2.05, 4.69) is 20.3 Å². The smallest absolute Gasteiger partial charge is 0.408 e. The van der Waals surface area contributed by atoms with Crippen molar-refractivity contribution in [2.75, 3.05) is 0 Å². The summed E-state index contributed by atoms with van der Waals surface area (Å²) in [6.45, 7) is 8.69. The standard InChI is InChI=1S/C17H23N3O5S/c1-16(2,3)24-15(23)18-13(14(21)22)17(4,5)26-9-10-6-7-11-12(8-10)20-25-19-11/h6-8,13H,9H2,1-5H3,(H,18,23)(H,21,22). The van der Waals surface area contributed by atoms with E-state index in [-0.39, 0.29) is 0 Å². The summed E-state index contributed by atoms with van der Waals surface area (Å²) in [7, 11) is 0. The number of amides is 1. The van der Waals surface area contributed by atoms with Crippen molar-refractivity contribution in [3.05, 3.63) is 23.8 Å². The number of aromatic nitrogens is 2. The third-order valence-corrected chi connectivity index (χ3v) is 4.99. The molecule has 1 heterocycles. The van der Waals surface area contributed by atoms with E-state index in [0.717, 1.165) is 5.56 Å². The van der Waals surface area contributed by atoms with Crippen LogP contribution in [0, 0.1) is 0 Å². The summed E-state index contributed by atoms with van der Waals surface area (Å²) < 4.78 is 9.06. The number of carbonyl (C=O) groups excluding carboxylic acids is 1. The Morgan fingerprint density at radius 2 is 1.88 bits per heavy atom. The number of ether oxygens (including phenoxy) is 1. The number of carboxylic acids is 1. The third-order valence-electron chi connectivity index (χ3n) is 3.53. The zero-order chi connectivity index (χ0) is 19.5. The minimum absolute atomic E-state index is 0.537. The fourth-order valence-electron chi connectivity index (χ4n) is 2.23. The Balaban J connectivity index is 2.05. The van der Waals surface area contributed by atoms with Gasteiger partial charge < -0.3 is 15.2 Å². The molecule has 9 heteroatoms. The molecule has 0 aliphatic carbocycles. The Morgan fingerprint density at radius 1 is 1.23 bits per heavy atom. The zero-order valence-electron chi connectivity index (χ0n) is 15.4. The van der Waals surface area contributed by atoms with Crippen molar-refractivity contribution in [2.45, 2.75) is 56.8 Å². The predicted molar refractivity (Wildman–Crippen MR) is 98.0 cm³/mol. The highest BCUT2D eigenvalue weighted by atomic mass is 32.2. The van der Waals surface area contributed by atoms with Gasteiger partial charge in [-0.15, -0.1) is 11.8 Å². The third kappa shape index (κ3) is 5.35. The molecule has 0 radical (unpaired) electrons. The number of carboxylic acid groups (broad SMARTS) is 1. The van der Waals surface area contributed by atoms with E-state index in [4.69, 9.17) is 4.74 Å². The van der Waals surface area contributed by atoms with Gasteiger partial charge in [-0.25, -0.2) is 14.2 Å². The second kappa shape index (κ2) is 7.53. The monoisotopic (exact) mass is 381 g/mol. The van der Waals surface area contributed by atoms with Crippen LogP contribution in [-0.2, 0) is 15.3 Å². The van der Waals surface area contributed by atoms with Crippen molar-refractivity contribution in [1.29, 1.82) is 0 Å². The molecular weight excluding hydrogens is 358 g/mol. The first-order valence-corrected chi connectivity index (χ1v) is 9.04. The van der Waals surface area contributed by atoms with Crippen molar-refractivity contribution in [1.82, 2.24) is 15.6 Å². The molecule has 2 rings (SSSR count). The van der Waals surface area contributed by atoms with Gasteiger partial charge in [0.15, 0.2) is 0 Å². The molecular formula is C17H23N3O5S. The maximum Gasteiger partial charge on any atom is 0.408 e. The van der Waals surface area contributed by atoms with Gasteiger partial charge in [0.2, 0.25) is 0 Å². The predicted octanol–water partition coefficient (Wildman–Crippen LogP) is 3.21. The molecule has 2 aromatic rings. The lowest BCUT2D eigenvalue weighted by molar-refractivity contribution is -0.140. The molecule has 0 aliphatic heterocycles. The van der Waals surface area contributed by atoms with Crippen molar-refractivity contribution >= 4 is 34.9 Å². The summed E-state index contributed by atoms with van der Waals surface area (Å²) in [6.07, 6.45) is -0.756. The van der Waals surface area contributed by atoms with E-state index in [1.54, 1.807) is 40.7 Å². The topological polar surface area (TPSA) is 115 Å². The van der Waals surface area contributed by atoms with E-state index in [1.165, 1.54) is 11.8 Å². The number of alkyl carbamates (subject to hydrolysis) is 1. The molecule has 1 atom stereocenters. The number of nitrogens with one attached hydrogen (secondary N) is 1. The zero-order valence-corrected chi connectivity index (χ0v) is 16.2. The Bertz CT molecular complexity index is 797. The van der Waals surface area contributed by atoms with E-state index < -0.39 is 28.5 Å². The van der Waals surface area contributed by atoms with Crippen LogP contribution in [0.4, 0.5) is 4.79 Å². The molecule has 0 aliphatic rings. The van der Waals surface area contributed by atoms with Crippen LogP contribution in [0.15, 0.2) is 22.8 Å². The Labute approximate surface area is 155 Å². The van der Waals surface area contributed by atoms with E-state index >= 15 is 0 Å². The molecule has 1 amide bonds. The van der Waals surface area contributed by atoms with E-state index in [9.17, 15) is 14.7 Å². The van der Waals surface area contributed by atoms with Gasteiger partial charge in [0.1, 0.15) is 22.7 Å². The Kier molecular flexibility index (Phi) is 5.80. The maximum atomic E-state index is 12.0. The van der Waals surface area contributed by atoms with Crippen LogP contribution < -0.4 is 5.32 Å². The quantitative estimate of drug-likeness (QED) is 0.784. The van der Waals surface area contributed by atoms with Crippen molar-refractivity contribution in [2.24, 2.45) is 0 Å². The van der Waals surface area contributed by atoms with Crippen LogP contribution in [0.2, 0.25) is 0 Å². The SMILES string of the molecule is CC(C)(C)OC(=O)NC(C(=O)O)C(C)(C)SCc1ccc2nonc2c1. The van der Waals surface area contributed by atoms with Crippen LogP contribution in [0.1, 0.15) is 40.2 Å². The first-order chi connectivity index (χ1) is 12.0. The number of aliphatic carboxylic acids is 1. The molecule has 0 saturated carbocycles. The molecule has 8 nitrogen and oxygen atoms in total. The van der Waals surface area contributed by atoms with Crippen LogP contribution >= 0.6 is 11.8 Å². The first kappa shape index (κ1) is 20.0. The molecule has 0 saturated heterocycles. The summed E-state index contributed by atoms with van der Waals surface area (Å²) in [5, 5.41) is 19.6. The average molecular weight is 381 g/mol. The molecule has 1 aromatic carbocycles. The van der Waals surface area contributed by atoms with Gasteiger partial charge in [-0.1, -0.05) is 6.07 Å². The molecule has 0 fully saturated rings. The normalized spacial score (nSPS) is 13.4. The van der Waals surface area contributed by atoms with Crippen molar-refractivity contribution in [3.63, 3.8) is 0 Å².